The first-order valence-corrected chi connectivity index (χ1v) is 7.72. The summed E-state index contributed by atoms with van der Waals surface area (Å²) in [6, 6.07) is 18.7. The van der Waals surface area contributed by atoms with Gasteiger partial charge in [-0.3, -0.25) is 9.59 Å². The van der Waals surface area contributed by atoms with Gasteiger partial charge in [-0.1, -0.05) is 54.6 Å². The molecule has 2 aromatic rings. The molecule has 0 aliphatic heterocycles. The third-order valence-corrected chi connectivity index (χ3v) is 3.00. The van der Waals surface area contributed by atoms with Crippen LogP contribution in [0.5, 0.6) is 5.75 Å². The third kappa shape index (κ3) is 7.60. The summed E-state index contributed by atoms with van der Waals surface area (Å²) in [5.74, 6) is -0.207. The number of nitrogens with one attached hydrogen (secondary N) is 2. The lowest BCUT2D eigenvalue weighted by Gasteiger charge is -2.06. The lowest BCUT2D eigenvalue weighted by molar-refractivity contribution is -0.127. The summed E-state index contributed by atoms with van der Waals surface area (Å²) in [6.07, 6.45) is 5.03. The minimum atomic E-state index is -0.419. The number of allylic oxidation sites excluding steroid dienone is 1. The van der Waals surface area contributed by atoms with E-state index in [1.54, 1.807) is 18.2 Å². The number of benzene rings is 2. The molecule has 128 valence electrons. The fraction of sp³-hybridized carbons (Fsp3) is 0.105. The predicted molar refractivity (Wildman–Crippen MR) is 97.1 cm³/mol. The number of para-hydroxylation sites is 1. The number of hydrogen-bond acceptors (Lipinski definition) is 4. The molecule has 2 rings (SSSR count). The fourth-order valence-electron chi connectivity index (χ4n) is 1.81. The highest BCUT2D eigenvalue weighted by Crippen LogP contribution is 2.07. The summed E-state index contributed by atoms with van der Waals surface area (Å²) in [5.41, 5.74) is 3.36. The molecule has 2 aromatic carbocycles. The Hall–Kier alpha value is -3.41. The molecule has 0 aliphatic rings. The largest absolute Gasteiger partial charge is 0.484 e. The van der Waals surface area contributed by atoms with E-state index in [0.717, 1.165) is 5.56 Å². The summed E-state index contributed by atoms with van der Waals surface area (Å²) in [4.78, 5) is 23.1. The van der Waals surface area contributed by atoms with E-state index in [1.807, 2.05) is 54.6 Å². The van der Waals surface area contributed by atoms with Gasteiger partial charge in [0.2, 0.25) is 0 Å². The molecule has 0 spiro atoms. The van der Waals surface area contributed by atoms with E-state index in [4.69, 9.17) is 4.74 Å². The molecule has 25 heavy (non-hydrogen) atoms. The minimum Gasteiger partial charge on any atom is -0.484 e. The first-order chi connectivity index (χ1) is 12.2. The Morgan fingerprint density at radius 1 is 0.960 bits per heavy atom. The topological polar surface area (TPSA) is 79.8 Å². The van der Waals surface area contributed by atoms with Crippen molar-refractivity contribution in [3.8, 4) is 5.75 Å². The SMILES string of the molecule is O=C(COc1ccccc1)NCC(=O)N/N=C\C=C\c1ccccc1. The molecular formula is C19H19N3O3. The Kier molecular flexibility index (Phi) is 7.45. The van der Waals surface area contributed by atoms with Crippen LogP contribution in [-0.2, 0) is 9.59 Å². The number of hydrazone groups is 1. The molecule has 0 saturated carbocycles. The fourth-order valence-corrected chi connectivity index (χ4v) is 1.81. The van der Waals surface area contributed by atoms with Crippen LogP contribution in [0.25, 0.3) is 6.08 Å². The second-order valence-corrected chi connectivity index (χ2v) is 4.96. The number of hydrogen-bond donors (Lipinski definition) is 2. The highest BCUT2D eigenvalue weighted by molar-refractivity contribution is 5.86. The molecule has 2 amide bonds. The van der Waals surface area contributed by atoms with Crippen LogP contribution in [0.3, 0.4) is 0 Å². The minimum absolute atomic E-state index is 0.152. The molecule has 2 N–H and O–H groups in total. The van der Waals surface area contributed by atoms with Crippen molar-refractivity contribution in [1.29, 1.82) is 0 Å². The van der Waals surface area contributed by atoms with Crippen molar-refractivity contribution < 1.29 is 14.3 Å². The van der Waals surface area contributed by atoms with Gasteiger partial charge in [0.1, 0.15) is 5.75 Å². The van der Waals surface area contributed by atoms with Gasteiger partial charge in [-0.15, -0.1) is 0 Å². The second kappa shape index (κ2) is 10.4. The highest BCUT2D eigenvalue weighted by Gasteiger charge is 2.05. The van der Waals surface area contributed by atoms with Crippen molar-refractivity contribution in [1.82, 2.24) is 10.7 Å². The van der Waals surface area contributed by atoms with Crippen molar-refractivity contribution in [2.24, 2.45) is 5.10 Å². The average molecular weight is 337 g/mol. The Balaban J connectivity index is 1.61. The normalized spacial score (nSPS) is 10.7. The Morgan fingerprint density at radius 2 is 1.64 bits per heavy atom. The number of carbonyl (C=O) groups is 2. The second-order valence-electron chi connectivity index (χ2n) is 4.96. The number of ether oxygens (including phenoxy) is 1. The van der Waals surface area contributed by atoms with E-state index >= 15 is 0 Å². The number of amides is 2. The average Bonchev–Trinajstić information content (AvgIpc) is 2.66. The standard InChI is InChI=1S/C19H19N3O3/c23-18(22-21-13-7-10-16-8-3-1-4-9-16)14-20-19(24)15-25-17-11-5-2-6-12-17/h1-13H,14-15H2,(H,20,24)(H,22,23)/b10-7+,21-13-. The first-order valence-electron chi connectivity index (χ1n) is 7.72. The van der Waals surface area contributed by atoms with Crippen molar-refractivity contribution >= 4 is 24.1 Å². The smallest absolute Gasteiger partial charge is 0.259 e. The van der Waals surface area contributed by atoms with Crippen molar-refractivity contribution in [2.45, 2.75) is 0 Å². The number of nitrogens with zero attached hydrogens (tertiary/aromatic N) is 1. The van der Waals surface area contributed by atoms with Crippen LogP contribution in [-0.4, -0.2) is 31.2 Å². The quantitative estimate of drug-likeness (QED) is 0.571. The van der Waals surface area contributed by atoms with E-state index in [2.05, 4.69) is 15.8 Å². The van der Waals surface area contributed by atoms with Gasteiger partial charge < -0.3 is 10.1 Å². The summed E-state index contributed by atoms with van der Waals surface area (Å²) < 4.78 is 5.27. The molecule has 0 saturated heterocycles. The molecule has 6 heteroatoms. The van der Waals surface area contributed by atoms with E-state index in [1.165, 1.54) is 6.21 Å². The first kappa shape index (κ1) is 17.9. The summed E-state index contributed by atoms with van der Waals surface area (Å²) in [5, 5.41) is 6.22. The Bertz CT molecular complexity index is 728. The van der Waals surface area contributed by atoms with Gasteiger partial charge in [0.15, 0.2) is 6.61 Å². The maximum Gasteiger partial charge on any atom is 0.259 e. The molecular weight excluding hydrogens is 318 g/mol. The lowest BCUT2D eigenvalue weighted by atomic mass is 10.2. The van der Waals surface area contributed by atoms with Crippen LogP contribution in [0.1, 0.15) is 5.56 Å². The molecule has 0 aromatic heterocycles. The maximum absolute atomic E-state index is 11.6. The number of rotatable bonds is 8. The lowest BCUT2D eigenvalue weighted by Crippen LogP contribution is -2.37. The van der Waals surface area contributed by atoms with E-state index in [9.17, 15) is 9.59 Å². The van der Waals surface area contributed by atoms with Crippen LogP contribution >= 0.6 is 0 Å². The summed E-state index contributed by atoms with van der Waals surface area (Å²) in [7, 11) is 0. The molecule has 0 unspecified atom stereocenters. The van der Waals surface area contributed by atoms with Gasteiger partial charge in [-0.25, -0.2) is 5.43 Å². The number of carbonyl (C=O) groups excluding carboxylic acids is 2. The van der Waals surface area contributed by atoms with E-state index in [-0.39, 0.29) is 19.1 Å². The van der Waals surface area contributed by atoms with Crippen molar-refractivity contribution in [3.63, 3.8) is 0 Å². The van der Waals surface area contributed by atoms with Gasteiger partial charge >= 0.3 is 0 Å². The molecule has 0 atom stereocenters. The zero-order valence-corrected chi connectivity index (χ0v) is 13.6. The molecule has 6 nitrogen and oxygen atoms in total. The summed E-state index contributed by atoms with van der Waals surface area (Å²) in [6.45, 7) is -0.322. The molecule has 0 bridgehead atoms. The predicted octanol–water partition coefficient (Wildman–Crippen LogP) is 2.00. The van der Waals surface area contributed by atoms with Gasteiger partial charge in [-0.05, 0) is 23.8 Å². The third-order valence-electron chi connectivity index (χ3n) is 3.00. The van der Waals surface area contributed by atoms with Crippen LogP contribution in [0.2, 0.25) is 0 Å². The summed E-state index contributed by atoms with van der Waals surface area (Å²) >= 11 is 0. The van der Waals surface area contributed by atoms with Crippen LogP contribution < -0.4 is 15.5 Å². The van der Waals surface area contributed by atoms with Crippen molar-refractivity contribution in [2.75, 3.05) is 13.2 Å². The highest BCUT2D eigenvalue weighted by atomic mass is 16.5. The Morgan fingerprint density at radius 3 is 2.36 bits per heavy atom. The van der Waals surface area contributed by atoms with Crippen LogP contribution in [0, 0.1) is 0 Å². The van der Waals surface area contributed by atoms with Crippen molar-refractivity contribution in [3.05, 3.63) is 72.3 Å². The van der Waals surface area contributed by atoms with E-state index in [0.29, 0.717) is 5.75 Å². The molecule has 0 radical (unpaired) electrons. The zero-order valence-electron chi connectivity index (χ0n) is 13.6. The Labute approximate surface area is 146 Å². The zero-order chi connectivity index (χ0) is 17.7. The van der Waals surface area contributed by atoms with Crippen LogP contribution in [0.15, 0.2) is 71.8 Å². The van der Waals surface area contributed by atoms with E-state index < -0.39 is 5.91 Å². The van der Waals surface area contributed by atoms with Gasteiger partial charge in [0.05, 0.1) is 6.54 Å². The molecule has 0 heterocycles. The van der Waals surface area contributed by atoms with Gasteiger partial charge in [0, 0.05) is 6.21 Å². The molecule has 0 fully saturated rings. The monoisotopic (exact) mass is 337 g/mol. The van der Waals surface area contributed by atoms with Crippen LogP contribution in [0.4, 0.5) is 0 Å². The maximum atomic E-state index is 11.6. The van der Waals surface area contributed by atoms with Gasteiger partial charge in [-0.2, -0.15) is 5.10 Å². The molecule has 0 aliphatic carbocycles. The van der Waals surface area contributed by atoms with Gasteiger partial charge in [0.25, 0.3) is 11.8 Å².